The number of nitrogens with zero attached hydrogens (tertiary/aromatic N) is 2. The Bertz CT molecular complexity index is 876. The fraction of sp³-hybridized carbons (Fsp3) is 0.435. The predicted octanol–water partition coefficient (Wildman–Crippen LogP) is 2.12. The van der Waals surface area contributed by atoms with Gasteiger partial charge in [0.2, 0.25) is 11.8 Å². The molecule has 0 bridgehead atoms. The molecule has 0 aliphatic rings. The number of anilines is 1. The number of carbonyl (C=O) groups excluding carboxylic acids is 2. The summed E-state index contributed by atoms with van der Waals surface area (Å²) >= 11 is 0. The number of nitrogens with one attached hydrogen (secondary N) is 2. The van der Waals surface area contributed by atoms with Crippen molar-refractivity contribution in [3.8, 4) is 0 Å². The quantitative estimate of drug-likeness (QED) is 0.597. The van der Waals surface area contributed by atoms with Crippen LogP contribution in [0.4, 0.5) is 10.2 Å². The van der Waals surface area contributed by atoms with E-state index in [4.69, 9.17) is 5.73 Å². The van der Waals surface area contributed by atoms with E-state index in [9.17, 15) is 14.0 Å². The Hall–Kier alpha value is -3.00. The summed E-state index contributed by atoms with van der Waals surface area (Å²) < 4.78 is 13.3. The third-order valence-electron chi connectivity index (χ3n) is 4.89. The summed E-state index contributed by atoms with van der Waals surface area (Å²) in [7, 11) is 3.66. The van der Waals surface area contributed by atoms with Crippen LogP contribution in [0, 0.1) is 11.2 Å². The number of rotatable bonds is 8. The van der Waals surface area contributed by atoms with E-state index in [2.05, 4.69) is 15.6 Å². The highest BCUT2D eigenvalue weighted by Gasteiger charge is 2.35. The zero-order valence-corrected chi connectivity index (χ0v) is 18.8. The fourth-order valence-electron chi connectivity index (χ4n) is 3.57. The second-order valence-corrected chi connectivity index (χ2v) is 8.93. The first kappa shape index (κ1) is 24.3. The summed E-state index contributed by atoms with van der Waals surface area (Å²) in [5, 5.41) is 5.73. The van der Waals surface area contributed by atoms with Crippen molar-refractivity contribution in [3.05, 3.63) is 59.5 Å². The number of hydrogen-bond acceptors (Lipinski definition) is 5. The van der Waals surface area contributed by atoms with Crippen molar-refractivity contribution in [2.45, 2.75) is 45.8 Å². The van der Waals surface area contributed by atoms with Crippen molar-refractivity contribution >= 4 is 17.6 Å². The summed E-state index contributed by atoms with van der Waals surface area (Å²) in [6.07, 6.45) is 1.83. The summed E-state index contributed by atoms with van der Waals surface area (Å²) in [4.78, 5) is 31.9. The minimum atomic E-state index is -0.815. The molecule has 2 amide bonds. The zero-order chi connectivity index (χ0) is 23.2. The first-order chi connectivity index (χ1) is 14.5. The molecule has 0 fully saturated rings. The molecule has 1 aromatic carbocycles. The van der Waals surface area contributed by atoms with Gasteiger partial charge in [0, 0.05) is 19.2 Å². The zero-order valence-electron chi connectivity index (χ0n) is 18.8. The summed E-state index contributed by atoms with van der Waals surface area (Å²) in [6, 6.07) is 8.08. The summed E-state index contributed by atoms with van der Waals surface area (Å²) in [6.45, 7) is 6.17. The van der Waals surface area contributed by atoms with Gasteiger partial charge in [-0.2, -0.15) is 0 Å². The second kappa shape index (κ2) is 10.3. The van der Waals surface area contributed by atoms with Crippen molar-refractivity contribution in [1.82, 2.24) is 20.5 Å². The van der Waals surface area contributed by atoms with Crippen molar-refractivity contribution in [3.63, 3.8) is 0 Å². The smallest absolute Gasteiger partial charge is 0.243 e. The molecule has 4 N–H and O–H groups in total. The first-order valence-electron chi connectivity index (χ1n) is 10.2. The Balaban J connectivity index is 2.18. The van der Waals surface area contributed by atoms with E-state index < -0.39 is 12.1 Å². The topological polar surface area (TPSA) is 100 Å². The number of nitrogens with two attached hydrogens (primary N) is 1. The monoisotopic (exact) mass is 429 g/mol. The van der Waals surface area contributed by atoms with Gasteiger partial charge in [-0.1, -0.05) is 39.0 Å². The van der Waals surface area contributed by atoms with E-state index in [1.165, 1.54) is 12.1 Å². The van der Waals surface area contributed by atoms with Crippen molar-refractivity contribution in [2.75, 3.05) is 19.8 Å². The van der Waals surface area contributed by atoms with Crippen LogP contribution in [0.25, 0.3) is 0 Å². The standard InChI is InChI=1S/C23H32FN5O2/c1-23(2,3)20(29(4)5)22(31)28-18(12-15-6-9-17(24)10-7-15)21(30)27-14-16-8-11-19(25)26-13-16/h6-11,13,18,20H,12,14H2,1-5H3,(H2,25,26)(H,27,30)(H,28,31)/t18-,20?/m0/s1. The minimum Gasteiger partial charge on any atom is -0.384 e. The molecule has 1 aromatic heterocycles. The Labute approximate surface area is 183 Å². The minimum absolute atomic E-state index is 0.238. The number of benzene rings is 1. The highest BCUT2D eigenvalue weighted by Crippen LogP contribution is 2.23. The van der Waals surface area contributed by atoms with Gasteiger partial charge in [0.1, 0.15) is 17.7 Å². The van der Waals surface area contributed by atoms with Gasteiger partial charge in [0.15, 0.2) is 0 Å². The molecule has 0 spiro atoms. The first-order valence-corrected chi connectivity index (χ1v) is 10.2. The van der Waals surface area contributed by atoms with E-state index in [0.29, 0.717) is 5.82 Å². The maximum absolute atomic E-state index is 13.3. The molecule has 0 saturated heterocycles. The van der Waals surface area contributed by atoms with Gasteiger partial charge in [-0.15, -0.1) is 0 Å². The predicted molar refractivity (Wildman–Crippen MR) is 119 cm³/mol. The Morgan fingerprint density at radius 1 is 1.06 bits per heavy atom. The maximum Gasteiger partial charge on any atom is 0.243 e. The average molecular weight is 430 g/mol. The molecule has 0 aliphatic heterocycles. The van der Waals surface area contributed by atoms with Crippen LogP contribution in [0.2, 0.25) is 0 Å². The van der Waals surface area contributed by atoms with Gasteiger partial charge in [-0.3, -0.25) is 14.5 Å². The van der Waals surface area contributed by atoms with Crippen LogP contribution in [0.5, 0.6) is 0 Å². The maximum atomic E-state index is 13.3. The van der Waals surface area contributed by atoms with Crippen molar-refractivity contribution in [2.24, 2.45) is 5.41 Å². The molecule has 7 nitrogen and oxygen atoms in total. The van der Waals surface area contributed by atoms with E-state index >= 15 is 0 Å². The van der Waals surface area contributed by atoms with Crippen LogP contribution in [0.3, 0.4) is 0 Å². The molecule has 1 unspecified atom stereocenters. The van der Waals surface area contributed by atoms with E-state index in [0.717, 1.165) is 11.1 Å². The fourth-order valence-corrected chi connectivity index (χ4v) is 3.57. The van der Waals surface area contributed by atoms with Crippen LogP contribution >= 0.6 is 0 Å². The van der Waals surface area contributed by atoms with Crippen LogP contribution in [0.15, 0.2) is 42.6 Å². The Morgan fingerprint density at radius 2 is 1.68 bits per heavy atom. The highest BCUT2D eigenvalue weighted by molar-refractivity contribution is 5.90. The van der Waals surface area contributed by atoms with E-state index in [1.54, 1.807) is 30.5 Å². The normalized spacial score (nSPS) is 13.5. The number of aromatic nitrogens is 1. The lowest BCUT2D eigenvalue weighted by molar-refractivity contribution is -0.134. The molecule has 31 heavy (non-hydrogen) atoms. The molecule has 2 rings (SSSR count). The number of carbonyl (C=O) groups is 2. The van der Waals surface area contributed by atoms with E-state index in [1.807, 2.05) is 39.8 Å². The molecule has 168 valence electrons. The molecule has 0 aliphatic carbocycles. The molecule has 1 heterocycles. The number of nitrogen functional groups attached to an aromatic ring is 1. The van der Waals surface area contributed by atoms with Crippen molar-refractivity contribution in [1.29, 1.82) is 0 Å². The third kappa shape index (κ3) is 7.32. The summed E-state index contributed by atoms with van der Waals surface area (Å²) in [5.41, 5.74) is 6.79. The SMILES string of the molecule is CN(C)C(C(=O)N[C@@H](Cc1ccc(F)cc1)C(=O)NCc1ccc(N)nc1)C(C)(C)C. The lowest BCUT2D eigenvalue weighted by Crippen LogP contribution is -2.56. The molecular formula is C23H32FN5O2. The number of halogens is 1. The van der Waals surface area contributed by atoms with Crippen molar-refractivity contribution < 1.29 is 14.0 Å². The van der Waals surface area contributed by atoms with Crippen LogP contribution in [-0.2, 0) is 22.6 Å². The van der Waals surface area contributed by atoms with Gasteiger partial charge < -0.3 is 16.4 Å². The average Bonchev–Trinajstić information content (AvgIpc) is 2.67. The molecule has 2 aromatic rings. The van der Waals surface area contributed by atoms with Gasteiger partial charge in [-0.25, -0.2) is 9.37 Å². The summed E-state index contributed by atoms with van der Waals surface area (Å²) in [5.74, 6) is -0.534. The van der Waals surface area contributed by atoms with Gasteiger partial charge in [0.05, 0.1) is 6.04 Å². The lowest BCUT2D eigenvalue weighted by atomic mass is 9.85. The van der Waals surface area contributed by atoms with Gasteiger partial charge >= 0.3 is 0 Å². The molecule has 0 saturated carbocycles. The number of pyridine rings is 1. The second-order valence-electron chi connectivity index (χ2n) is 8.93. The molecule has 0 radical (unpaired) electrons. The number of amides is 2. The van der Waals surface area contributed by atoms with Gasteiger partial charge in [-0.05, 0) is 48.8 Å². The van der Waals surface area contributed by atoms with Crippen LogP contribution in [-0.4, -0.2) is 47.9 Å². The molecule has 8 heteroatoms. The van der Waals surface area contributed by atoms with Crippen LogP contribution < -0.4 is 16.4 Å². The largest absolute Gasteiger partial charge is 0.384 e. The van der Waals surface area contributed by atoms with Crippen LogP contribution in [0.1, 0.15) is 31.9 Å². The van der Waals surface area contributed by atoms with E-state index in [-0.39, 0.29) is 36.0 Å². The number of hydrogen-bond donors (Lipinski definition) is 3. The molecular weight excluding hydrogens is 397 g/mol. The highest BCUT2D eigenvalue weighted by atomic mass is 19.1. The Kier molecular flexibility index (Phi) is 8.10. The molecule has 2 atom stereocenters. The Morgan fingerprint density at radius 3 is 2.19 bits per heavy atom. The third-order valence-corrected chi connectivity index (χ3v) is 4.89. The number of likely N-dealkylation sites (N-methyl/N-ethyl adjacent to an activating group) is 1. The lowest BCUT2D eigenvalue weighted by Gasteiger charge is -2.35. The van der Waals surface area contributed by atoms with Gasteiger partial charge in [0.25, 0.3) is 0 Å².